The van der Waals surface area contributed by atoms with E-state index in [1.807, 2.05) is 6.20 Å². The van der Waals surface area contributed by atoms with Crippen LogP contribution in [0.4, 0.5) is 0 Å². The molecule has 20 heavy (non-hydrogen) atoms. The Morgan fingerprint density at radius 2 is 2.15 bits per heavy atom. The second-order valence-corrected chi connectivity index (χ2v) is 6.68. The zero-order valence-corrected chi connectivity index (χ0v) is 13.4. The Kier molecular flexibility index (Phi) is 6.08. The molecule has 2 rings (SSSR count). The van der Waals surface area contributed by atoms with Crippen LogP contribution in [0.2, 0.25) is 0 Å². The minimum Gasteiger partial charge on any atom is -0.335 e. The third kappa shape index (κ3) is 4.08. The van der Waals surface area contributed by atoms with Gasteiger partial charge in [0.15, 0.2) is 0 Å². The fourth-order valence-electron chi connectivity index (χ4n) is 3.43. The lowest BCUT2D eigenvalue weighted by atomic mass is 9.78. The third-order valence-corrected chi connectivity index (χ3v) is 4.41. The van der Waals surface area contributed by atoms with E-state index in [1.54, 1.807) is 0 Å². The van der Waals surface area contributed by atoms with E-state index in [1.165, 1.54) is 37.9 Å². The largest absolute Gasteiger partial charge is 0.335 e. The molecule has 1 aromatic rings. The normalized spacial score (nSPS) is 23.4. The quantitative estimate of drug-likeness (QED) is 0.821. The highest BCUT2D eigenvalue weighted by Crippen LogP contribution is 2.36. The molecule has 1 aliphatic rings. The van der Waals surface area contributed by atoms with E-state index in [0.717, 1.165) is 31.5 Å². The maximum Gasteiger partial charge on any atom is 0.112 e. The molecule has 0 aromatic carbocycles. The van der Waals surface area contributed by atoms with Crippen molar-refractivity contribution in [2.24, 2.45) is 11.8 Å². The van der Waals surface area contributed by atoms with Crippen molar-refractivity contribution in [3.05, 3.63) is 18.2 Å². The van der Waals surface area contributed by atoms with Gasteiger partial charge in [-0.25, -0.2) is 4.98 Å². The smallest absolute Gasteiger partial charge is 0.112 e. The molecule has 1 heterocycles. The predicted molar refractivity (Wildman–Crippen MR) is 84.9 cm³/mol. The van der Waals surface area contributed by atoms with Crippen molar-refractivity contribution in [2.75, 3.05) is 13.1 Å². The summed E-state index contributed by atoms with van der Waals surface area (Å²) in [4.78, 5) is 4.69. The SMILES string of the molecule is CCCn1ccnc1C1CCCCC1CNCC(C)C. The number of aryl methyl sites for hydroxylation is 1. The molecule has 2 atom stereocenters. The van der Waals surface area contributed by atoms with Gasteiger partial charge in [0.2, 0.25) is 0 Å². The maximum absolute atomic E-state index is 4.69. The van der Waals surface area contributed by atoms with Gasteiger partial charge in [-0.1, -0.05) is 33.6 Å². The van der Waals surface area contributed by atoms with Crippen LogP contribution in [0, 0.1) is 11.8 Å². The molecule has 1 aliphatic carbocycles. The second kappa shape index (κ2) is 7.82. The van der Waals surface area contributed by atoms with Crippen LogP contribution in [0.1, 0.15) is 64.6 Å². The number of hydrogen-bond acceptors (Lipinski definition) is 2. The third-order valence-electron chi connectivity index (χ3n) is 4.41. The lowest BCUT2D eigenvalue weighted by Gasteiger charge is -2.32. The van der Waals surface area contributed by atoms with Crippen molar-refractivity contribution in [1.82, 2.24) is 14.9 Å². The Balaban J connectivity index is 2.00. The van der Waals surface area contributed by atoms with E-state index in [9.17, 15) is 0 Å². The van der Waals surface area contributed by atoms with Gasteiger partial charge < -0.3 is 9.88 Å². The van der Waals surface area contributed by atoms with Gasteiger partial charge >= 0.3 is 0 Å². The van der Waals surface area contributed by atoms with Gasteiger partial charge in [-0.2, -0.15) is 0 Å². The van der Waals surface area contributed by atoms with Crippen LogP contribution in [0.5, 0.6) is 0 Å². The molecule has 1 saturated carbocycles. The highest BCUT2D eigenvalue weighted by Gasteiger charge is 2.29. The number of nitrogens with zero attached hydrogens (tertiary/aromatic N) is 2. The first kappa shape index (κ1) is 15.6. The van der Waals surface area contributed by atoms with Gasteiger partial charge in [0.1, 0.15) is 5.82 Å². The molecule has 0 aliphatic heterocycles. The second-order valence-electron chi connectivity index (χ2n) is 6.68. The maximum atomic E-state index is 4.69. The van der Waals surface area contributed by atoms with Gasteiger partial charge in [-0.3, -0.25) is 0 Å². The number of imidazole rings is 1. The Bertz CT molecular complexity index is 383. The summed E-state index contributed by atoms with van der Waals surface area (Å²) < 4.78 is 2.38. The Morgan fingerprint density at radius 1 is 1.35 bits per heavy atom. The van der Waals surface area contributed by atoms with Crippen molar-refractivity contribution in [2.45, 2.75) is 65.3 Å². The van der Waals surface area contributed by atoms with Crippen LogP contribution in [0.3, 0.4) is 0 Å². The molecule has 2 unspecified atom stereocenters. The zero-order valence-electron chi connectivity index (χ0n) is 13.4. The molecule has 0 amide bonds. The van der Waals surface area contributed by atoms with Crippen molar-refractivity contribution in [3.8, 4) is 0 Å². The zero-order chi connectivity index (χ0) is 14.4. The van der Waals surface area contributed by atoms with Crippen LogP contribution in [-0.2, 0) is 6.54 Å². The van der Waals surface area contributed by atoms with Gasteiger partial charge in [-0.05, 0) is 44.2 Å². The van der Waals surface area contributed by atoms with Gasteiger partial charge in [-0.15, -0.1) is 0 Å². The number of aromatic nitrogens is 2. The van der Waals surface area contributed by atoms with E-state index in [2.05, 4.69) is 41.8 Å². The standard InChI is InChI=1S/C17H31N3/c1-4-10-20-11-9-19-17(20)16-8-6-5-7-15(16)13-18-12-14(2)3/h9,11,14-16,18H,4-8,10,12-13H2,1-3H3. The first-order valence-electron chi connectivity index (χ1n) is 8.44. The first-order chi connectivity index (χ1) is 9.72. The summed E-state index contributed by atoms with van der Waals surface area (Å²) in [6.07, 6.45) is 10.8. The summed E-state index contributed by atoms with van der Waals surface area (Å²) in [5.41, 5.74) is 0. The van der Waals surface area contributed by atoms with Gasteiger partial charge in [0.25, 0.3) is 0 Å². The molecule has 1 fully saturated rings. The molecule has 114 valence electrons. The summed E-state index contributed by atoms with van der Waals surface area (Å²) >= 11 is 0. The fourth-order valence-corrected chi connectivity index (χ4v) is 3.43. The summed E-state index contributed by atoms with van der Waals surface area (Å²) in [5.74, 6) is 3.49. The average Bonchev–Trinajstić information content (AvgIpc) is 2.87. The Labute approximate surface area is 124 Å². The summed E-state index contributed by atoms with van der Waals surface area (Å²) in [7, 11) is 0. The fraction of sp³-hybridized carbons (Fsp3) is 0.824. The summed E-state index contributed by atoms with van der Waals surface area (Å²) in [6, 6.07) is 0. The molecule has 1 aromatic heterocycles. The number of rotatable bonds is 7. The molecule has 1 N–H and O–H groups in total. The van der Waals surface area contributed by atoms with E-state index in [0.29, 0.717) is 5.92 Å². The first-order valence-corrected chi connectivity index (χ1v) is 8.44. The summed E-state index contributed by atoms with van der Waals surface area (Å²) in [5, 5.41) is 3.66. The molecule has 0 radical (unpaired) electrons. The van der Waals surface area contributed by atoms with Crippen LogP contribution in [0.25, 0.3) is 0 Å². The highest BCUT2D eigenvalue weighted by molar-refractivity contribution is 5.04. The molecule has 3 heteroatoms. The van der Waals surface area contributed by atoms with Crippen molar-refractivity contribution in [1.29, 1.82) is 0 Å². The van der Waals surface area contributed by atoms with Crippen molar-refractivity contribution >= 4 is 0 Å². The van der Waals surface area contributed by atoms with Crippen LogP contribution >= 0.6 is 0 Å². The lowest BCUT2D eigenvalue weighted by Crippen LogP contribution is -2.32. The topological polar surface area (TPSA) is 29.9 Å². The van der Waals surface area contributed by atoms with Crippen LogP contribution in [-0.4, -0.2) is 22.6 Å². The molecule has 0 saturated heterocycles. The van der Waals surface area contributed by atoms with Gasteiger partial charge in [0.05, 0.1) is 0 Å². The summed E-state index contributed by atoms with van der Waals surface area (Å²) in [6.45, 7) is 10.2. The average molecular weight is 277 g/mol. The lowest BCUT2D eigenvalue weighted by molar-refractivity contribution is 0.278. The van der Waals surface area contributed by atoms with E-state index in [4.69, 9.17) is 0 Å². The molecular weight excluding hydrogens is 246 g/mol. The van der Waals surface area contributed by atoms with Crippen LogP contribution in [0.15, 0.2) is 12.4 Å². The van der Waals surface area contributed by atoms with E-state index in [-0.39, 0.29) is 0 Å². The minimum atomic E-state index is 0.657. The van der Waals surface area contributed by atoms with E-state index < -0.39 is 0 Å². The van der Waals surface area contributed by atoms with E-state index >= 15 is 0 Å². The molecule has 0 spiro atoms. The molecule has 0 bridgehead atoms. The number of nitrogens with one attached hydrogen (secondary N) is 1. The Morgan fingerprint density at radius 3 is 2.90 bits per heavy atom. The number of hydrogen-bond donors (Lipinski definition) is 1. The predicted octanol–water partition coefficient (Wildman–Crippen LogP) is 3.81. The minimum absolute atomic E-state index is 0.657. The molecule has 3 nitrogen and oxygen atoms in total. The van der Waals surface area contributed by atoms with Crippen molar-refractivity contribution in [3.63, 3.8) is 0 Å². The monoisotopic (exact) mass is 277 g/mol. The Hall–Kier alpha value is -0.830. The van der Waals surface area contributed by atoms with Gasteiger partial charge in [0, 0.05) is 24.9 Å². The van der Waals surface area contributed by atoms with Crippen LogP contribution < -0.4 is 5.32 Å². The molecular formula is C17H31N3. The van der Waals surface area contributed by atoms with Crippen molar-refractivity contribution < 1.29 is 0 Å². The highest BCUT2D eigenvalue weighted by atomic mass is 15.1.